The second-order valence-electron chi connectivity index (χ2n) is 8.36. The van der Waals surface area contributed by atoms with E-state index in [0.29, 0.717) is 39.5 Å². The Morgan fingerprint density at radius 3 is 2.19 bits per heavy atom. The van der Waals surface area contributed by atoms with Crippen molar-refractivity contribution in [3.05, 3.63) is 113 Å². The van der Waals surface area contributed by atoms with Gasteiger partial charge in [0.15, 0.2) is 5.82 Å². The van der Waals surface area contributed by atoms with E-state index in [9.17, 15) is 18.0 Å². The van der Waals surface area contributed by atoms with Gasteiger partial charge in [-0.1, -0.05) is 56.9 Å². The lowest BCUT2D eigenvalue weighted by atomic mass is 9.98. The SMILES string of the molecule is C=C/C(F)=C(\C(F)=C/C)N(C=O)c1nc(C)nc(-c2cc(C(=S)Nc3ccc(F)cc3)ccc2C)c1/C=C\C.C=O.CC. The number of amides is 1. The average Bonchev–Trinajstić information content (AvgIpc) is 3.03. The molecular weight excluding hydrogens is 573 g/mol. The normalized spacial score (nSPS) is 11.3. The van der Waals surface area contributed by atoms with Gasteiger partial charge in [-0.2, -0.15) is 0 Å². The van der Waals surface area contributed by atoms with Crippen molar-refractivity contribution in [3.8, 4) is 11.3 Å². The van der Waals surface area contributed by atoms with Crippen LogP contribution in [0.2, 0.25) is 0 Å². The molecule has 1 aromatic heterocycles. The second kappa shape index (κ2) is 18.0. The first-order valence-corrected chi connectivity index (χ1v) is 13.6. The van der Waals surface area contributed by atoms with E-state index in [1.807, 2.05) is 45.8 Å². The molecule has 0 unspecified atom stereocenters. The van der Waals surface area contributed by atoms with Crippen molar-refractivity contribution in [2.75, 3.05) is 10.2 Å². The Labute approximate surface area is 256 Å². The third-order valence-corrected chi connectivity index (χ3v) is 6.03. The molecule has 0 aliphatic heterocycles. The zero-order valence-corrected chi connectivity index (χ0v) is 25.9. The van der Waals surface area contributed by atoms with Gasteiger partial charge in [0.25, 0.3) is 0 Å². The number of hydrogen-bond donors (Lipinski definition) is 1. The van der Waals surface area contributed by atoms with Crippen molar-refractivity contribution >= 4 is 48.0 Å². The molecule has 0 atom stereocenters. The summed E-state index contributed by atoms with van der Waals surface area (Å²) in [6.07, 6.45) is 5.54. The van der Waals surface area contributed by atoms with E-state index in [1.54, 1.807) is 38.1 Å². The molecule has 0 fully saturated rings. The molecule has 10 heteroatoms. The highest BCUT2D eigenvalue weighted by Gasteiger charge is 2.26. The van der Waals surface area contributed by atoms with Crippen LogP contribution in [0.3, 0.4) is 0 Å². The fourth-order valence-corrected chi connectivity index (χ4v) is 4.06. The van der Waals surface area contributed by atoms with Crippen LogP contribution in [-0.2, 0) is 9.59 Å². The van der Waals surface area contributed by atoms with Crippen LogP contribution >= 0.6 is 12.2 Å². The standard InChI is InChI=1S/C30H27F3N4OS.C2H6.CH2O/c1-6-9-23-27(34-19(5)35-29(23)37(17-38)28(25(32)7-2)26(33)8-3)24-16-20(11-10-18(24)4)30(39)36-22-14-12-21(31)13-15-22;2*1-2/h6-17H,2H2,1,3-5H3,(H,36,39);1-2H3;1H2/b9-6-,26-8+,28-25-;;. The minimum Gasteiger partial charge on any atom is -0.346 e. The summed E-state index contributed by atoms with van der Waals surface area (Å²) in [6, 6.07) is 11.3. The third-order valence-electron chi connectivity index (χ3n) is 5.69. The number of carbonyl (C=O) groups is 2. The molecule has 0 saturated carbocycles. The fraction of sp³-hybridized carbons (Fsp3) is 0.182. The molecule has 3 rings (SSSR count). The van der Waals surface area contributed by atoms with Gasteiger partial charge < -0.3 is 10.1 Å². The van der Waals surface area contributed by atoms with Gasteiger partial charge in [-0.3, -0.25) is 9.69 Å². The summed E-state index contributed by atoms with van der Waals surface area (Å²) in [4.78, 5) is 30.5. The highest BCUT2D eigenvalue weighted by molar-refractivity contribution is 7.81. The molecule has 2 aromatic carbocycles. The number of anilines is 2. The van der Waals surface area contributed by atoms with Gasteiger partial charge in [0.2, 0.25) is 6.41 Å². The minimum atomic E-state index is -1.03. The van der Waals surface area contributed by atoms with E-state index >= 15 is 0 Å². The molecule has 0 saturated heterocycles. The Bertz CT molecular complexity index is 1530. The predicted octanol–water partition coefficient (Wildman–Crippen LogP) is 8.76. The van der Waals surface area contributed by atoms with Gasteiger partial charge in [-0.05, 0) is 75.7 Å². The number of allylic oxidation sites excluding steroid dienone is 5. The number of nitrogens with zero attached hydrogens (tertiary/aromatic N) is 3. The van der Waals surface area contributed by atoms with Crippen LogP contribution < -0.4 is 10.2 Å². The van der Waals surface area contributed by atoms with Gasteiger partial charge in [0.05, 0.1) is 5.69 Å². The smallest absolute Gasteiger partial charge is 0.220 e. The van der Waals surface area contributed by atoms with Gasteiger partial charge in [0.1, 0.15) is 40.8 Å². The molecule has 1 N–H and O–H groups in total. The molecule has 226 valence electrons. The Morgan fingerprint density at radius 1 is 1.02 bits per heavy atom. The molecular formula is C33H35F3N4O2S. The number of aromatic nitrogens is 2. The molecule has 0 spiro atoms. The maximum atomic E-state index is 14.8. The Kier molecular flexibility index (Phi) is 15.2. The average molecular weight is 609 g/mol. The topological polar surface area (TPSA) is 75.2 Å². The monoisotopic (exact) mass is 608 g/mol. The summed E-state index contributed by atoms with van der Waals surface area (Å²) < 4.78 is 42.9. The molecule has 0 radical (unpaired) electrons. The number of thiocarbonyl (C=S) groups is 1. The van der Waals surface area contributed by atoms with E-state index in [4.69, 9.17) is 17.0 Å². The summed E-state index contributed by atoms with van der Waals surface area (Å²) in [7, 11) is 0. The molecule has 0 bridgehead atoms. The summed E-state index contributed by atoms with van der Waals surface area (Å²) >= 11 is 5.59. The first kappa shape index (κ1) is 36.3. The summed E-state index contributed by atoms with van der Waals surface area (Å²) in [5.74, 6) is -2.08. The Morgan fingerprint density at radius 2 is 1.65 bits per heavy atom. The first-order valence-electron chi connectivity index (χ1n) is 13.2. The zero-order chi connectivity index (χ0) is 32.7. The maximum Gasteiger partial charge on any atom is 0.220 e. The minimum absolute atomic E-state index is 0.00795. The van der Waals surface area contributed by atoms with E-state index < -0.39 is 17.4 Å². The predicted molar refractivity (Wildman–Crippen MR) is 174 cm³/mol. The quantitative estimate of drug-likeness (QED) is 0.149. The fourth-order valence-electron chi connectivity index (χ4n) is 3.82. The number of benzene rings is 2. The molecule has 0 aliphatic rings. The van der Waals surface area contributed by atoms with Crippen LogP contribution in [0.1, 0.15) is 50.2 Å². The van der Waals surface area contributed by atoms with Crippen molar-refractivity contribution < 1.29 is 22.8 Å². The number of nitrogens with one attached hydrogen (secondary N) is 1. The number of aryl methyl sites for hydroxylation is 2. The number of hydrogen-bond acceptors (Lipinski definition) is 5. The van der Waals surface area contributed by atoms with Crippen molar-refractivity contribution in [2.24, 2.45) is 0 Å². The van der Waals surface area contributed by atoms with Gasteiger partial charge in [-0.25, -0.2) is 23.1 Å². The van der Waals surface area contributed by atoms with Crippen LogP contribution in [0.15, 0.2) is 84.6 Å². The highest BCUT2D eigenvalue weighted by Crippen LogP contribution is 2.36. The maximum absolute atomic E-state index is 14.8. The summed E-state index contributed by atoms with van der Waals surface area (Å²) in [6.45, 7) is 16.0. The first-order chi connectivity index (χ1) is 20.6. The van der Waals surface area contributed by atoms with Crippen LogP contribution in [0.5, 0.6) is 0 Å². The largest absolute Gasteiger partial charge is 0.346 e. The van der Waals surface area contributed by atoms with Crippen molar-refractivity contribution in [2.45, 2.75) is 41.5 Å². The summed E-state index contributed by atoms with van der Waals surface area (Å²) in [5.41, 5.74) is 2.97. The van der Waals surface area contributed by atoms with E-state index in [1.165, 1.54) is 19.1 Å². The lowest BCUT2D eigenvalue weighted by Crippen LogP contribution is -2.25. The number of halogens is 3. The molecule has 1 amide bonds. The molecule has 0 aliphatic carbocycles. The highest BCUT2D eigenvalue weighted by atomic mass is 32.1. The molecule has 43 heavy (non-hydrogen) atoms. The lowest BCUT2D eigenvalue weighted by molar-refractivity contribution is -0.107. The van der Waals surface area contributed by atoms with Crippen LogP contribution in [0.25, 0.3) is 17.3 Å². The lowest BCUT2D eigenvalue weighted by Gasteiger charge is -2.23. The second-order valence-corrected chi connectivity index (χ2v) is 8.77. The van der Waals surface area contributed by atoms with Crippen LogP contribution in [0, 0.1) is 19.7 Å². The van der Waals surface area contributed by atoms with Crippen molar-refractivity contribution in [1.29, 1.82) is 0 Å². The van der Waals surface area contributed by atoms with Crippen molar-refractivity contribution in [1.82, 2.24) is 9.97 Å². The summed E-state index contributed by atoms with van der Waals surface area (Å²) in [5, 5.41) is 3.08. The van der Waals surface area contributed by atoms with Gasteiger partial charge in [-0.15, -0.1) is 0 Å². The van der Waals surface area contributed by atoms with Crippen LogP contribution in [0.4, 0.5) is 24.7 Å². The van der Waals surface area contributed by atoms with Gasteiger partial charge >= 0.3 is 0 Å². The van der Waals surface area contributed by atoms with E-state index in [-0.39, 0.29) is 17.5 Å². The Balaban J connectivity index is 0.00000221. The zero-order valence-electron chi connectivity index (χ0n) is 25.0. The van der Waals surface area contributed by atoms with Gasteiger partial charge in [0, 0.05) is 22.4 Å². The van der Waals surface area contributed by atoms with Crippen LogP contribution in [-0.4, -0.2) is 28.2 Å². The molecule has 1 heterocycles. The van der Waals surface area contributed by atoms with E-state index in [0.717, 1.165) is 22.6 Å². The molecule has 3 aromatic rings. The Hall–Kier alpha value is -4.70. The number of rotatable bonds is 9. The van der Waals surface area contributed by atoms with E-state index in [2.05, 4.69) is 21.9 Å². The number of carbonyl (C=O) groups excluding carboxylic acids is 2. The van der Waals surface area contributed by atoms with Crippen molar-refractivity contribution in [3.63, 3.8) is 0 Å². The third kappa shape index (κ3) is 9.14. The molecule has 6 nitrogen and oxygen atoms in total.